The van der Waals surface area contributed by atoms with Crippen molar-refractivity contribution in [3.05, 3.63) is 18.5 Å². The van der Waals surface area contributed by atoms with Gasteiger partial charge in [-0.15, -0.1) is 0 Å². The van der Waals surface area contributed by atoms with E-state index in [2.05, 4.69) is 22.2 Å². The zero-order chi connectivity index (χ0) is 11.2. The third-order valence-electron chi connectivity index (χ3n) is 3.37. The van der Waals surface area contributed by atoms with E-state index in [1.165, 1.54) is 32.5 Å². The Bertz CT molecular complexity index is 275. The number of rotatable bonds is 5. The third kappa shape index (κ3) is 3.32. The Kier molecular flexibility index (Phi) is 4.36. The minimum absolute atomic E-state index is 0.707. The highest BCUT2D eigenvalue weighted by Gasteiger charge is 2.16. The van der Waals surface area contributed by atoms with Crippen LogP contribution in [0.1, 0.15) is 19.8 Å². The van der Waals surface area contributed by atoms with Gasteiger partial charge in [0.25, 0.3) is 0 Å². The first-order chi connectivity index (χ1) is 7.88. The van der Waals surface area contributed by atoms with Gasteiger partial charge in [0, 0.05) is 25.0 Å². The summed E-state index contributed by atoms with van der Waals surface area (Å²) in [5, 5.41) is 7.81. The summed E-state index contributed by atoms with van der Waals surface area (Å²) in [6, 6.07) is 2.68. The first-order valence-corrected chi connectivity index (χ1v) is 6.31. The summed E-state index contributed by atoms with van der Waals surface area (Å²) in [6.07, 6.45) is 6.42. The molecule has 4 nitrogen and oxygen atoms in total. The van der Waals surface area contributed by atoms with Crippen LogP contribution in [0, 0.1) is 0 Å². The SMILES string of the molecule is CCN1CCC(NCCn2cccn2)CC1. The molecule has 0 radical (unpaired) electrons. The van der Waals surface area contributed by atoms with Crippen LogP contribution in [0.4, 0.5) is 0 Å². The lowest BCUT2D eigenvalue weighted by Crippen LogP contribution is -2.43. The molecule has 0 atom stereocenters. The molecule has 0 bridgehead atoms. The molecule has 1 aliphatic rings. The van der Waals surface area contributed by atoms with Gasteiger partial charge in [-0.05, 0) is 38.5 Å². The topological polar surface area (TPSA) is 33.1 Å². The second-order valence-corrected chi connectivity index (χ2v) is 4.43. The van der Waals surface area contributed by atoms with Crippen LogP contribution in [-0.2, 0) is 6.54 Å². The van der Waals surface area contributed by atoms with Crippen LogP contribution >= 0.6 is 0 Å². The monoisotopic (exact) mass is 222 g/mol. The van der Waals surface area contributed by atoms with E-state index in [1.54, 1.807) is 0 Å². The van der Waals surface area contributed by atoms with Gasteiger partial charge in [-0.1, -0.05) is 6.92 Å². The van der Waals surface area contributed by atoms with Gasteiger partial charge in [0.2, 0.25) is 0 Å². The summed E-state index contributed by atoms with van der Waals surface area (Å²) in [7, 11) is 0. The average molecular weight is 222 g/mol. The molecule has 0 amide bonds. The molecule has 2 rings (SSSR count). The predicted octanol–water partition coefficient (Wildman–Crippen LogP) is 0.957. The van der Waals surface area contributed by atoms with Gasteiger partial charge in [0.1, 0.15) is 0 Å². The molecule has 2 heterocycles. The maximum absolute atomic E-state index is 4.19. The van der Waals surface area contributed by atoms with E-state index in [4.69, 9.17) is 0 Å². The number of hydrogen-bond donors (Lipinski definition) is 1. The van der Waals surface area contributed by atoms with E-state index >= 15 is 0 Å². The van der Waals surface area contributed by atoms with Crippen molar-refractivity contribution in [2.75, 3.05) is 26.2 Å². The van der Waals surface area contributed by atoms with E-state index in [1.807, 2.05) is 23.1 Å². The highest BCUT2D eigenvalue weighted by Crippen LogP contribution is 2.09. The van der Waals surface area contributed by atoms with Gasteiger partial charge >= 0.3 is 0 Å². The Hall–Kier alpha value is -0.870. The molecule has 0 saturated carbocycles. The minimum Gasteiger partial charge on any atom is -0.312 e. The molecule has 1 saturated heterocycles. The molecule has 1 N–H and O–H groups in total. The van der Waals surface area contributed by atoms with Crippen LogP contribution in [0.2, 0.25) is 0 Å². The highest BCUT2D eigenvalue weighted by atomic mass is 15.3. The van der Waals surface area contributed by atoms with Gasteiger partial charge in [-0.2, -0.15) is 5.10 Å². The van der Waals surface area contributed by atoms with Gasteiger partial charge in [-0.3, -0.25) is 4.68 Å². The van der Waals surface area contributed by atoms with Gasteiger partial charge in [0.15, 0.2) is 0 Å². The molecule has 0 unspecified atom stereocenters. The second-order valence-electron chi connectivity index (χ2n) is 4.43. The fourth-order valence-corrected chi connectivity index (χ4v) is 2.27. The van der Waals surface area contributed by atoms with Crippen molar-refractivity contribution in [3.8, 4) is 0 Å². The van der Waals surface area contributed by atoms with Crippen molar-refractivity contribution in [3.63, 3.8) is 0 Å². The Morgan fingerprint density at radius 3 is 2.81 bits per heavy atom. The largest absolute Gasteiger partial charge is 0.312 e. The molecule has 0 spiro atoms. The smallest absolute Gasteiger partial charge is 0.0534 e. The van der Waals surface area contributed by atoms with Crippen LogP contribution in [0.5, 0.6) is 0 Å². The fourth-order valence-electron chi connectivity index (χ4n) is 2.27. The molecule has 0 aliphatic carbocycles. The minimum atomic E-state index is 0.707. The van der Waals surface area contributed by atoms with Crippen LogP contribution in [0.25, 0.3) is 0 Å². The van der Waals surface area contributed by atoms with E-state index in [0.29, 0.717) is 6.04 Å². The van der Waals surface area contributed by atoms with E-state index in [9.17, 15) is 0 Å². The van der Waals surface area contributed by atoms with Gasteiger partial charge in [0.05, 0.1) is 6.54 Å². The molecule has 1 fully saturated rings. The van der Waals surface area contributed by atoms with Crippen LogP contribution in [0.3, 0.4) is 0 Å². The molecule has 0 aromatic carbocycles. The van der Waals surface area contributed by atoms with Crippen molar-refractivity contribution in [1.82, 2.24) is 20.0 Å². The summed E-state index contributed by atoms with van der Waals surface area (Å²) in [6.45, 7) is 7.93. The van der Waals surface area contributed by atoms with Crippen molar-refractivity contribution in [2.45, 2.75) is 32.4 Å². The Morgan fingerprint density at radius 1 is 1.38 bits per heavy atom. The summed E-state index contributed by atoms with van der Waals surface area (Å²) in [5.74, 6) is 0. The van der Waals surface area contributed by atoms with Crippen LogP contribution in [0.15, 0.2) is 18.5 Å². The lowest BCUT2D eigenvalue weighted by atomic mass is 10.1. The number of piperidine rings is 1. The van der Waals surface area contributed by atoms with Crippen molar-refractivity contribution >= 4 is 0 Å². The van der Waals surface area contributed by atoms with Crippen LogP contribution < -0.4 is 5.32 Å². The van der Waals surface area contributed by atoms with Gasteiger partial charge < -0.3 is 10.2 Å². The standard InChI is InChI=1S/C12H22N4/c1-2-15-9-4-12(5-10-15)13-7-11-16-8-3-6-14-16/h3,6,8,12-13H,2,4-5,7,9-11H2,1H3. The van der Waals surface area contributed by atoms with E-state index in [0.717, 1.165) is 13.1 Å². The number of hydrogen-bond acceptors (Lipinski definition) is 3. The maximum Gasteiger partial charge on any atom is 0.0534 e. The Labute approximate surface area is 97.6 Å². The number of nitrogens with one attached hydrogen (secondary N) is 1. The molecule has 4 heteroatoms. The first-order valence-electron chi connectivity index (χ1n) is 6.31. The molecule has 1 aromatic rings. The maximum atomic E-state index is 4.19. The molecule has 1 aromatic heterocycles. The number of likely N-dealkylation sites (tertiary alicyclic amines) is 1. The molecule has 1 aliphatic heterocycles. The lowest BCUT2D eigenvalue weighted by Gasteiger charge is -2.31. The van der Waals surface area contributed by atoms with Gasteiger partial charge in [-0.25, -0.2) is 0 Å². The molecular formula is C12H22N4. The normalized spacial score (nSPS) is 19.1. The summed E-state index contributed by atoms with van der Waals surface area (Å²) in [4.78, 5) is 2.52. The molecular weight excluding hydrogens is 200 g/mol. The third-order valence-corrected chi connectivity index (χ3v) is 3.37. The highest BCUT2D eigenvalue weighted by molar-refractivity contribution is 4.79. The van der Waals surface area contributed by atoms with Crippen molar-refractivity contribution < 1.29 is 0 Å². The zero-order valence-corrected chi connectivity index (χ0v) is 10.1. The zero-order valence-electron chi connectivity index (χ0n) is 10.1. The van der Waals surface area contributed by atoms with Crippen molar-refractivity contribution in [2.24, 2.45) is 0 Å². The summed E-state index contributed by atoms with van der Waals surface area (Å²) >= 11 is 0. The molecule has 16 heavy (non-hydrogen) atoms. The summed E-state index contributed by atoms with van der Waals surface area (Å²) < 4.78 is 1.98. The first kappa shape index (κ1) is 11.6. The molecule has 90 valence electrons. The van der Waals surface area contributed by atoms with Crippen LogP contribution in [-0.4, -0.2) is 46.9 Å². The quantitative estimate of drug-likeness (QED) is 0.805. The Balaban J connectivity index is 1.60. The summed E-state index contributed by atoms with van der Waals surface area (Å²) in [5.41, 5.74) is 0. The predicted molar refractivity (Wildman–Crippen MR) is 65.4 cm³/mol. The number of aromatic nitrogens is 2. The van der Waals surface area contributed by atoms with Crippen molar-refractivity contribution in [1.29, 1.82) is 0 Å². The lowest BCUT2D eigenvalue weighted by molar-refractivity contribution is 0.205. The fraction of sp³-hybridized carbons (Fsp3) is 0.750. The van der Waals surface area contributed by atoms with E-state index in [-0.39, 0.29) is 0 Å². The Morgan fingerprint density at radius 2 is 2.19 bits per heavy atom. The number of nitrogens with zero attached hydrogens (tertiary/aromatic N) is 3. The van der Waals surface area contributed by atoms with E-state index < -0.39 is 0 Å². The second kappa shape index (κ2) is 6.01. The average Bonchev–Trinajstić information content (AvgIpc) is 2.83.